The highest BCUT2D eigenvalue weighted by Crippen LogP contribution is 2.17. The highest BCUT2D eigenvalue weighted by atomic mass is 15.2. The maximum atomic E-state index is 4.84. The second kappa shape index (κ2) is 9.96. The van der Waals surface area contributed by atoms with Gasteiger partial charge in [-0.3, -0.25) is 4.99 Å². The topological polar surface area (TPSA) is 39.7 Å². The molecule has 0 unspecified atom stereocenters. The molecule has 0 saturated carbocycles. The van der Waals surface area contributed by atoms with Gasteiger partial charge in [0.1, 0.15) is 0 Å². The number of hydrogen-bond donors (Lipinski definition) is 2. The molecule has 26 heavy (non-hydrogen) atoms. The second-order valence-corrected chi connectivity index (χ2v) is 7.94. The molecule has 1 aliphatic rings. The van der Waals surface area contributed by atoms with Gasteiger partial charge in [0.2, 0.25) is 0 Å². The van der Waals surface area contributed by atoms with E-state index in [2.05, 4.69) is 69.2 Å². The number of rotatable bonds is 6. The van der Waals surface area contributed by atoms with E-state index in [0.717, 1.165) is 25.5 Å². The highest BCUT2D eigenvalue weighted by Gasteiger charge is 2.21. The minimum atomic E-state index is 0.533. The Bertz CT molecular complexity index is 575. The summed E-state index contributed by atoms with van der Waals surface area (Å²) in [7, 11) is 0. The SMILES string of the molecule is CCNC(=NCCc1c(C)cc(C)cc1C)NC1CCN(C(C)C)CC1. The Labute approximate surface area is 160 Å². The van der Waals surface area contributed by atoms with Crippen molar-refractivity contribution in [3.05, 3.63) is 34.4 Å². The van der Waals surface area contributed by atoms with Crippen molar-refractivity contribution < 1.29 is 0 Å². The lowest BCUT2D eigenvalue weighted by molar-refractivity contribution is 0.167. The van der Waals surface area contributed by atoms with Crippen LogP contribution in [0, 0.1) is 20.8 Å². The first-order valence-corrected chi connectivity index (χ1v) is 10.3. The van der Waals surface area contributed by atoms with Crippen molar-refractivity contribution in [2.24, 2.45) is 4.99 Å². The second-order valence-electron chi connectivity index (χ2n) is 7.94. The number of hydrogen-bond acceptors (Lipinski definition) is 2. The van der Waals surface area contributed by atoms with E-state index in [0.29, 0.717) is 12.1 Å². The fraction of sp³-hybridized carbons (Fsp3) is 0.682. The van der Waals surface area contributed by atoms with Crippen molar-refractivity contribution in [1.29, 1.82) is 0 Å². The Kier molecular flexibility index (Phi) is 7.95. The van der Waals surface area contributed by atoms with Gasteiger partial charge in [0, 0.05) is 38.3 Å². The summed E-state index contributed by atoms with van der Waals surface area (Å²) in [5.74, 6) is 0.970. The molecule has 1 aromatic rings. The van der Waals surface area contributed by atoms with Crippen LogP contribution in [0.4, 0.5) is 0 Å². The van der Waals surface area contributed by atoms with E-state index in [1.165, 1.54) is 48.2 Å². The first kappa shape index (κ1) is 20.8. The van der Waals surface area contributed by atoms with Gasteiger partial charge in [-0.1, -0.05) is 17.7 Å². The molecule has 0 bridgehead atoms. The van der Waals surface area contributed by atoms with Crippen molar-refractivity contribution in [2.45, 2.75) is 72.9 Å². The number of piperidine rings is 1. The van der Waals surface area contributed by atoms with Gasteiger partial charge in [0.15, 0.2) is 5.96 Å². The Hall–Kier alpha value is -1.55. The molecule has 4 nitrogen and oxygen atoms in total. The van der Waals surface area contributed by atoms with Crippen LogP contribution < -0.4 is 10.6 Å². The lowest BCUT2D eigenvalue weighted by Gasteiger charge is -2.35. The van der Waals surface area contributed by atoms with Crippen LogP contribution in [0.5, 0.6) is 0 Å². The lowest BCUT2D eigenvalue weighted by atomic mass is 9.97. The Morgan fingerprint density at radius 2 is 1.77 bits per heavy atom. The van der Waals surface area contributed by atoms with Crippen molar-refractivity contribution >= 4 is 5.96 Å². The highest BCUT2D eigenvalue weighted by molar-refractivity contribution is 5.80. The molecule has 1 aromatic carbocycles. The Morgan fingerprint density at radius 3 is 2.31 bits per heavy atom. The molecule has 0 spiro atoms. The standard InChI is InChI=1S/C22H38N4/c1-7-23-22(25-20-9-12-26(13-10-20)16(2)3)24-11-8-21-18(5)14-17(4)15-19(21)6/h14-16,20H,7-13H2,1-6H3,(H2,23,24,25). The van der Waals surface area contributed by atoms with Crippen molar-refractivity contribution in [3.63, 3.8) is 0 Å². The summed E-state index contributed by atoms with van der Waals surface area (Å²) in [6, 6.07) is 5.74. The number of guanidine groups is 1. The lowest BCUT2D eigenvalue weighted by Crippen LogP contribution is -2.49. The summed E-state index contributed by atoms with van der Waals surface area (Å²) in [6.07, 6.45) is 3.39. The predicted octanol–water partition coefficient (Wildman–Crippen LogP) is 3.58. The number of nitrogens with zero attached hydrogens (tertiary/aromatic N) is 2. The average molecular weight is 359 g/mol. The third-order valence-corrected chi connectivity index (χ3v) is 5.42. The van der Waals surface area contributed by atoms with Crippen molar-refractivity contribution in [1.82, 2.24) is 15.5 Å². The minimum Gasteiger partial charge on any atom is -0.357 e. The Balaban J connectivity index is 1.91. The Morgan fingerprint density at radius 1 is 1.15 bits per heavy atom. The van der Waals surface area contributed by atoms with E-state index in [1.54, 1.807) is 0 Å². The molecule has 146 valence electrons. The maximum absolute atomic E-state index is 4.84. The molecule has 2 rings (SSSR count). The van der Waals surface area contributed by atoms with Crippen LogP contribution >= 0.6 is 0 Å². The normalized spacial score (nSPS) is 17.0. The van der Waals surface area contributed by atoms with Gasteiger partial charge in [-0.05, 0) is 77.5 Å². The van der Waals surface area contributed by atoms with Crippen molar-refractivity contribution in [2.75, 3.05) is 26.2 Å². The largest absolute Gasteiger partial charge is 0.357 e. The van der Waals surface area contributed by atoms with E-state index in [1.807, 2.05) is 0 Å². The van der Waals surface area contributed by atoms with Gasteiger partial charge in [-0.15, -0.1) is 0 Å². The number of aliphatic imine (C=N–C) groups is 1. The van der Waals surface area contributed by atoms with E-state index in [4.69, 9.17) is 4.99 Å². The summed E-state index contributed by atoms with van der Waals surface area (Å²) in [4.78, 5) is 7.40. The molecule has 0 atom stereocenters. The molecule has 1 fully saturated rings. The molecule has 0 aromatic heterocycles. The zero-order valence-corrected chi connectivity index (χ0v) is 17.7. The van der Waals surface area contributed by atoms with Gasteiger partial charge < -0.3 is 15.5 Å². The van der Waals surface area contributed by atoms with E-state index in [9.17, 15) is 0 Å². The number of benzene rings is 1. The first-order valence-electron chi connectivity index (χ1n) is 10.3. The van der Waals surface area contributed by atoms with Gasteiger partial charge >= 0.3 is 0 Å². The number of aryl methyl sites for hydroxylation is 3. The number of nitrogens with one attached hydrogen (secondary N) is 2. The molecule has 2 N–H and O–H groups in total. The fourth-order valence-corrected chi connectivity index (χ4v) is 3.96. The maximum Gasteiger partial charge on any atom is 0.191 e. The fourth-order valence-electron chi connectivity index (χ4n) is 3.96. The van der Waals surface area contributed by atoms with E-state index in [-0.39, 0.29) is 0 Å². The summed E-state index contributed by atoms with van der Waals surface area (Å²) in [5.41, 5.74) is 5.56. The summed E-state index contributed by atoms with van der Waals surface area (Å²) in [6.45, 7) is 17.4. The first-order chi connectivity index (χ1) is 12.4. The summed E-state index contributed by atoms with van der Waals surface area (Å²) >= 11 is 0. The van der Waals surface area contributed by atoms with Crippen molar-refractivity contribution in [3.8, 4) is 0 Å². The van der Waals surface area contributed by atoms with Crippen LogP contribution in [0.3, 0.4) is 0 Å². The zero-order chi connectivity index (χ0) is 19.1. The average Bonchev–Trinajstić information content (AvgIpc) is 2.57. The number of likely N-dealkylation sites (tertiary alicyclic amines) is 1. The molecule has 1 aliphatic heterocycles. The smallest absolute Gasteiger partial charge is 0.191 e. The molecule has 0 radical (unpaired) electrons. The quantitative estimate of drug-likeness (QED) is 0.603. The summed E-state index contributed by atoms with van der Waals surface area (Å²) < 4.78 is 0. The third-order valence-electron chi connectivity index (χ3n) is 5.42. The molecule has 1 saturated heterocycles. The minimum absolute atomic E-state index is 0.533. The van der Waals surface area contributed by atoms with Crippen LogP contribution in [0.1, 0.15) is 55.9 Å². The monoisotopic (exact) mass is 358 g/mol. The van der Waals surface area contributed by atoms with E-state index >= 15 is 0 Å². The van der Waals surface area contributed by atoms with Gasteiger partial charge in [0.05, 0.1) is 0 Å². The van der Waals surface area contributed by atoms with Gasteiger partial charge in [-0.2, -0.15) is 0 Å². The van der Waals surface area contributed by atoms with Crippen LogP contribution in [-0.2, 0) is 6.42 Å². The van der Waals surface area contributed by atoms with Crippen LogP contribution in [0.15, 0.2) is 17.1 Å². The summed E-state index contributed by atoms with van der Waals surface area (Å²) in [5, 5.41) is 7.07. The molecular formula is C22H38N4. The van der Waals surface area contributed by atoms with E-state index < -0.39 is 0 Å². The zero-order valence-electron chi connectivity index (χ0n) is 17.7. The molecule has 0 amide bonds. The molecule has 0 aliphatic carbocycles. The van der Waals surface area contributed by atoms with Crippen LogP contribution in [0.2, 0.25) is 0 Å². The predicted molar refractivity (Wildman–Crippen MR) is 113 cm³/mol. The molecular weight excluding hydrogens is 320 g/mol. The van der Waals surface area contributed by atoms with Crippen LogP contribution in [0.25, 0.3) is 0 Å². The van der Waals surface area contributed by atoms with Gasteiger partial charge in [0.25, 0.3) is 0 Å². The molecule has 1 heterocycles. The van der Waals surface area contributed by atoms with Gasteiger partial charge in [-0.25, -0.2) is 0 Å². The third kappa shape index (κ3) is 6.01. The molecule has 4 heteroatoms. The van der Waals surface area contributed by atoms with Crippen LogP contribution in [-0.4, -0.2) is 49.1 Å².